The maximum Gasteiger partial charge on any atom is 0.481 e. The molecule has 2 fully saturated rings. The molecule has 3 unspecified atom stereocenters. The van der Waals surface area contributed by atoms with Crippen LogP contribution in [-0.2, 0) is 58.5 Å². The number of aromatic nitrogens is 10. The molecule has 2 saturated heterocycles. The third-order valence-electron chi connectivity index (χ3n) is 12.0. The van der Waals surface area contributed by atoms with Crippen LogP contribution in [0.15, 0.2) is 79.9 Å². The molecule has 0 bridgehead atoms. The van der Waals surface area contributed by atoms with Crippen molar-refractivity contribution in [2.24, 2.45) is 11.8 Å². The third kappa shape index (κ3) is 14.6. The van der Waals surface area contributed by atoms with Gasteiger partial charge < -0.3 is 75.3 Å². The van der Waals surface area contributed by atoms with Crippen LogP contribution in [0.2, 0.25) is 10.0 Å². The minimum atomic E-state index is -5.32. The Balaban J connectivity index is 0.000000211. The van der Waals surface area contributed by atoms with E-state index in [1.165, 1.54) is 32.6 Å². The summed E-state index contributed by atoms with van der Waals surface area (Å²) in [5.41, 5.74) is 11.9. The molecule has 0 saturated carbocycles. The van der Waals surface area contributed by atoms with Crippen molar-refractivity contribution in [3.05, 3.63) is 90.0 Å². The van der Waals surface area contributed by atoms with Crippen molar-refractivity contribution < 1.29 is 109 Å². The molecule has 39 heteroatoms. The van der Waals surface area contributed by atoms with Gasteiger partial charge in [-0.1, -0.05) is 47.0 Å². The van der Waals surface area contributed by atoms with E-state index in [0.29, 0.717) is 25.9 Å². The molecule has 2 aliphatic rings. The number of hydrogen-bond acceptors (Lipinski definition) is 23. The van der Waals surface area contributed by atoms with E-state index < -0.39 is 105 Å². The van der Waals surface area contributed by atoms with E-state index in [4.69, 9.17) is 67.9 Å². The van der Waals surface area contributed by atoms with Crippen LogP contribution in [0.1, 0.15) is 26.3 Å². The molecule has 7 heterocycles. The maximum atomic E-state index is 12.8. The van der Waals surface area contributed by atoms with Crippen LogP contribution >= 0.6 is 54.4 Å². The summed E-state index contributed by atoms with van der Waals surface area (Å²) in [6.45, 7) is 2.55. The highest BCUT2D eigenvalue weighted by Gasteiger charge is 2.48. The predicted octanol–water partition coefficient (Wildman–Crippen LogP) is 1.21. The van der Waals surface area contributed by atoms with Crippen LogP contribution in [0.5, 0.6) is 23.3 Å². The molecular weight excluding hydrogens is 1190 g/mol. The molecule has 0 amide bonds. The summed E-state index contributed by atoms with van der Waals surface area (Å²) in [6, 6.07) is 13.5. The zero-order chi connectivity index (χ0) is 58.1. The summed E-state index contributed by atoms with van der Waals surface area (Å²) in [5, 5.41) is 48.1. The SMILES string of the molecule is C[C@@H]1[C@H](O)[C@@H](COP(=O)(O)OP(=O)(O)O)O[C@H]1[n+]1cn(CCOc2ccc(Cl)cc2)c2c([O-])nc(N)nc21.C[C@@H]1[C@H](O)[C@@H](COP(=O)(O)OP(=O)(O)n2ccnc2)O[C@H]1[n+]1cn(CCOc2ccc(Cl)cc2)c2c([O-])nc(N)nc21. The Bertz CT molecular complexity index is 3510. The Morgan fingerprint density at radius 2 is 1.07 bits per heavy atom. The molecule has 2 aliphatic heterocycles. The first-order valence-corrected chi connectivity index (χ1v) is 30.1. The van der Waals surface area contributed by atoms with Crippen molar-refractivity contribution in [2.45, 2.75) is 63.8 Å². The van der Waals surface area contributed by atoms with Crippen molar-refractivity contribution in [3.8, 4) is 23.3 Å². The number of benzene rings is 2. The highest BCUT2D eigenvalue weighted by atomic mass is 35.5. The van der Waals surface area contributed by atoms with Crippen LogP contribution < -0.4 is 40.3 Å². The van der Waals surface area contributed by atoms with E-state index >= 15 is 0 Å². The van der Waals surface area contributed by atoms with Gasteiger partial charge in [-0.3, -0.25) is 18.2 Å². The zero-order valence-corrected chi connectivity index (χ0v) is 46.5. The Kier molecular flexibility index (Phi) is 18.6. The fourth-order valence-corrected chi connectivity index (χ4v) is 12.6. The van der Waals surface area contributed by atoms with Crippen LogP contribution in [0, 0.1) is 11.8 Å². The Morgan fingerprint density at radius 3 is 1.46 bits per heavy atom. The van der Waals surface area contributed by atoms with Gasteiger partial charge in [0.2, 0.25) is 0 Å². The number of fused-ring (bicyclic) bond motifs is 2. The average molecular weight is 1240 g/mol. The second kappa shape index (κ2) is 24.5. The lowest BCUT2D eigenvalue weighted by Crippen LogP contribution is -2.42. The second-order valence-electron chi connectivity index (χ2n) is 17.6. The van der Waals surface area contributed by atoms with Gasteiger partial charge in [-0.15, -0.1) is 0 Å². The molecule has 2 aromatic carbocycles. The highest BCUT2D eigenvalue weighted by molar-refractivity contribution is 7.63. The lowest BCUT2D eigenvalue weighted by Gasteiger charge is -2.19. The van der Waals surface area contributed by atoms with Gasteiger partial charge in [0.1, 0.15) is 56.3 Å². The molecule has 11 N–H and O–H groups in total. The largest absolute Gasteiger partial charge is 0.856 e. The monoisotopic (exact) mass is 1240 g/mol. The molecule has 0 aliphatic carbocycles. The molecule has 0 spiro atoms. The zero-order valence-electron chi connectivity index (χ0n) is 41.4. The third-order valence-corrected chi connectivity index (χ3v) is 17.7. The average Bonchev–Trinajstić information content (AvgIpc) is 4.23. The maximum absolute atomic E-state index is 12.8. The number of hydrogen-bond donors (Lipinski definition) is 9. The number of imidazole rings is 3. The second-order valence-corrected chi connectivity index (χ2v) is 24.6. The van der Waals surface area contributed by atoms with Gasteiger partial charge >= 0.3 is 42.5 Å². The molecule has 5 aromatic heterocycles. The van der Waals surface area contributed by atoms with Gasteiger partial charge in [0.25, 0.3) is 11.9 Å². The van der Waals surface area contributed by atoms with E-state index in [-0.39, 0.29) is 60.5 Å². The lowest BCUT2D eigenvalue weighted by molar-refractivity contribution is -0.745. The molecule has 9 rings (SSSR count). The summed E-state index contributed by atoms with van der Waals surface area (Å²) in [4.78, 5) is 66.4. The Morgan fingerprint density at radius 1 is 0.662 bits per heavy atom. The highest BCUT2D eigenvalue weighted by Crippen LogP contribution is 2.61. The fourth-order valence-electron chi connectivity index (χ4n) is 8.35. The Labute approximate surface area is 461 Å². The first-order chi connectivity index (χ1) is 37.6. The van der Waals surface area contributed by atoms with Gasteiger partial charge in [-0.25, -0.2) is 46.7 Å². The van der Waals surface area contributed by atoms with Gasteiger partial charge in [-0.2, -0.15) is 8.62 Å². The van der Waals surface area contributed by atoms with Crippen molar-refractivity contribution in [1.29, 1.82) is 0 Å². The van der Waals surface area contributed by atoms with Crippen molar-refractivity contribution in [1.82, 2.24) is 38.4 Å². The molecule has 0 radical (unpaired) electrons. The summed E-state index contributed by atoms with van der Waals surface area (Å²) < 4.78 is 94.9. The number of rotatable bonds is 21. The number of nitrogens with zero attached hydrogens (tertiary/aromatic N) is 10. The van der Waals surface area contributed by atoms with Crippen LogP contribution in [0.3, 0.4) is 0 Å². The minimum absolute atomic E-state index is 0.0961. The van der Waals surface area contributed by atoms with E-state index in [2.05, 4.69) is 38.1 Å². The molecule has 7 aromatic rings. The number of halogens is 2. The number of phosphoric acid groups is 3. The topological polar surface area (TPSA) is 469 Å². The molecule has 11 atom stereocenters. The van der Waals surface area contributed by atoms with Gasteiger partial charge in [-0.05, 0) is 48.5 Å². The van der Waals surface area contributed by atoms with Crippen LogP contribution in [-0.4, -0.2) is 124 Å². The lowest BCUT2D eigenvalue weighted by atomic mass is 10.0. The van der Waals surface area contributed by atoms with E-state index in [1.807, 2.05) is 0 Å². The number of nitrogen functional groups attached to an aromatic ring is 2. The Hall–Kier alpha value is -5.47. The smallest absolute Gasteiger partial charge is 0.481 e. The summed E-state index contributed by atoms with van der Waals surface area (Å²) in [7, 11) is -20.4. The number of nitrogens with two attached hydrogens (primary N) is 2. The van der Waals surface area contributed by atoms with Crippen LogP contribution in [0.4, 0.5) is 11.9 Å². The normalized spacial score (nSPS) is 23.5. The van der Waals surface area contributed by atoms with E-state index in [1.54, 1.807) is 66.9 Å². The number of anilines is 2. The summed E-state index contributed by atoms with van der Waals surface area (Å²) in [6.07, 6.45) is -0.524. The molecule has 434 valence electrons. The van der Waals surface area contributed by atoms with Gasteiger partial charge in [0.05, 0.1) is 25.4 Å². The first kappa shape index (κ1) is 60.6. The minimum Gasteiger partial charge on any atom is -0.856 e. The van der Waals surface area contributed by atoms with Gasteiger partial charge in [0, 0.05) is 46.0 Å². The molecule has 33 nitrogen and oxygen atoms in total. The van der Waals surface area contributed by atoms with Crippen molar-refractivity contribution in [2.75, 3.05) is 37.9 Å². The fraction of sp³-hybridized carbons (Fsp3) is 0.390. The predicted molar refractivity (Wildman–Crippen MR) is 268 cm³/mol. The number of phosphoric ester groups is 2. The quantitative estimate of drug-likeness (QED) is 0.0361. The number of aliphatic hydroxyl groups is 2. The van der Waals surface area contributed by atoms with Crippen LogP contribution in [0.25, 0.3) is 22.3 Å². The molecular formula is C41H50Cl2N12O21P4. The van der Waals surface area contributed by atoms with E-state index in [9.17, 15) is 53.4 Å². The van der Waals surface area contributed by atoms with E-state index in [0.717, 1.165) is 12.5 Å². The first-order valence-electron chi connectivity index (χ1n) is 23.3. The number of ether oxygens (including phenoxy) is 4. The summed E-state index contributed by atoms with van der Waals surface area (Å²) in [5.74, 6) is -2.03. The summed E-state index contributed by atoms with van der Waals surface area (Å²) >= 11 is 11.8. The molecule has 80 heavy (non-hydrogen) atoms. The number of aliphatic hydroxyl groups excluding tert-OH is 2. The van der Waals surface area contributed by atoms with Crippen molar-refractivity contribution >= 4 is 88.6 Å². The van der Waals surface area contributed by atoms with Crippen molar-refractivity contribution in [3.63, 3.8) is 0 Å². The standard InChI is InChI=1S/C22H26ClN7O10P2.C19H24ClN5O11P2/c1-13-18(31)16(10-38-42(35,36)40-41(33,34)29-7-6-25-11-29)39-21(13)30-12-28(17-19(30)26-22(24)27-20(17)32)8-9-37-15-4-2-14(23)3-5-15;1-10-15(26)13(8-34-38(31,32)36-37(28,29)30)35-18(10)25-9-24(14-16(25)22-19(21)23-17(14)27)6-7-33-12-4-2-11(20)3-5-12/h2-7,11-13,16,18,21,31H,8-10H2,1H3,(H4-,24,26,27,32,33,34,35,36);2-5,9-10,13,15,18,26H,6-8H2,1H3,(H5-,21,22,23,27,28,29,30,31,32)/t13-,16-,18+,21-;10-,13-,15+,18-/m11/s1. The van der Waals surface area contributed by atoms with Gasteiger partial charge in [0.15, 0.2) is 36.1 Å².